The summed E-state index contributed by atoms with van der Waals surface area (Å²) in [4.78, 5) is 0. The van der Waals surface area contributed by atoms with E-state index < -0.39 is 17.7 Å². The fourth-order valence-corrected chi connectivity index (χ4v) is 6.67. The van der Waals surface area contributed by atoms with Crippen LogP contribution in [0.2, 0.25) is 0 Å². The second kappa shape index (κ2) is 11.1. The number of hydrogen-bond donors (Lipinski definition) is 0. The van der Waals surface area contributed by atoms with Crippen molar-refractivity contribution in [2.45, 2.75) is 64.1 Å². The zero-order chi connectivity index (χ0) is 32.4. The molecule has 4 aromatic carbocycles. The van der Waals surface area contributed by atoms with Gasteiger partial charge in [-0.1, -0.05) is 80.6 Å². The van der Waals surface area contributed by atoms with Gasteiger partial charge in [0.2, 0.25) is 5.69 Å². The molecule has 0 spiro atoms. The Hall–Kier alpha value is -4.24. The maximum atomic E-state index is 15.7. The predicted octanol–water partition coefficient (Wildman–Crippen LogP) is 10.8. The highest BCUT2D eigenvalue weighted by atomic mass is 19.1. The van der Waals surface area contributed by atoms with Crippen molar-refractivity contribution in [3.8, 4) is 22.4 Å². The zero-order valence-corrected chi connectivity index (χ0v) is 25.3. The van der Waals surface area contributed by atoms with Gasteiger partial charge in [0.25, 0.3) is 0 Å². The Labute approximate surface area is 258 Å². The first-order valence-electron chi connectivity index (χ1n) is 16.7. The van der Waals surface area contributed by atoms with E-state index in [0.29, 0.717) is 48.0 Å². The molecular weight excluding hydrogens is 529 g/mol. The highest BCUT2D eigenvalue weighted by Crippen LogP contribution is 2.43. The molecule has 0 N–H and O–H groups in total. The summed E-state index contributed by atoms with van der Waals surface area (Å²) in [5, 5.41) is 1.75. The number of pyridine rings is 1. The molecule has 0 aliphatic heterocycles. The van der Waals surface area contributed by atoms with Crippen molar-refractivity contribution in [1.29, 1.82) is 0 Å². The van der Waals surface area contributed by atoms with E-state index in [1.807, 2.05) is 105 Å². The van der Waals surface area contributed by atoms with Crippen molar-refractivity contribution in [2.24, 2.45) is 7.05 Å². The van der Waals surface area contributed by atoms with Crippen molar-refractivity contribution < 1.29 is 17.5 Å². The average Bonchev–Trinajstić information content (AvgIpc) is 3.41. The molecule has 1 fully saturated rings. The highest BCUT2D eigenvalue weighted by Gasteiger charge is 2.26. The van der Waals surface area contributed by atoms with Crippen LogP contribution in [0.25, 0.3) is 44.3 Å². The topological polar surface area (TPSA) is 17.0 Å². The van der Waals surface area contributed by atoms with Gasteiger partial charge in [0.15, 0.2) is 6.20 Å². The molecule has 2 heterocycles. The van der Waals surface area contributed by atoms with E-state index in [4.69, 9.17) is 7.16 Å². The summed E-state index contributed by atoms with van der Waals surface area (Å²) in [6.07, 6.45) is 4.41. The van der Waals surface area contributed by atoms with E-state index in [9.17, 15) is 1.37 Å². The van der Waals surface area contributed by atoms with Crippen LogP contribution in [0.4, 0.5) is 4.39 Å². The first kappa shape index (κ1) is 24.2. The van der Waals surface area contributed by atoms with Crippen molar-refractivity contribution >= 4 is 21.9 Å². The Morgan fingerprint density at radius 3 is 2.05 bits per heavy atom. The summed E-state index contributed by atoms with van der Waals surface area (Å²) in [6.45, 7) is 5.81. The number of aromatic nitrogens is 1. The monoisotopic (exact) mass is 571 g/mol. The molecule has 1 aliphatic rings. The summed E-state index contributed by atoms with van der Waals surface area (Å²) < 4.78 is 51.4. The fraction of sp³-hybridized carbons (Fsp3) is 0.275. The first-order valence-corrected chi connectivity index (χ1v) is 15.2. The normalized spacial score (nSPS) is 21.9. The highest BCUT2D eigenvalue weighted by molar-refractivity contribution is 6.13. The molecule has 2 nitrogen and oxygen atoms in total. The smallest absolute Gasteiger partial charge is 0.216 e. The third-order valence-corrected chi connectivity index (χ3v) is 9.17. The maximum absolute atomic E-state index is 15.7. The predicted molar refractivity (Wildman–Crippen MR) is 175 cm³/mol. The van der Waals surface area contributed by atoms with Crippen LogP contribution >= 0.6 is 0 Å². The number of hydrogen-bond acceptors (Lipinski definition) is 1. The number of benzene rings is 4. The molecule has 2 aromatic heterocycles. The Bertz CT molecular complexity index is 2090. The number of halogens is 1. The van der Waals surface area contributed by atoms with Gasteiger partial charge in [0.1, 0.15) is 24.0 Å². The number of fused-ring (bicyclic) bond motifs is 3. The molecule has 216 valence electrons. The van der Waals surface area contributed by atoms with Gasteiger partial charge in [-0.2, -0.15) is 0 Å². The molecule has 3 heteroatoms. The molecule has 6 aromatic rings. The Morgan fingerprint density at radius 1 is 0.791 bits per heavy atom. The number of nitrogens with zero attached hydrogens (tertiary/aromatic N) is 1. The molecule has 43 heavy (non-hydrogen) atoms. The Morgan fingerprint density at radius 2 is 1.40 bits per heavy atom. The molecule has 0 saturated heterocycles. The average molecular weight is 572 g/mol. The lowest BCUT2D eigenvalue weighted by Crippen LogP contribution is -2.31. The van der Waals surface area contributed by atoms with E-state index in [-0.39, 0.29) is 5.82 Å². The van der Waals surface area contributed by atoms with Crippen LogP contribution < -0.4 is 4.57 Å². The number of rotatable bonds is 5. The largest absolute Gasteiger partial charge is 0.454 e. The van der Waals surface area contributed by atoms with Gasteiger partial charge in [-0.25, -0.2) is 8.96 Å². The standard InChI is InChI=1S/C40H39FNO/c1-25(2)32-22-23-42(4)36(24-32)37-26(3)10-19-33-34-20-21-35(41)38(40(34)43-39(33)37)31-17-15-30(16-18-31)29-13-11-28(12-14-29)27-8-6-5-7-9-27/h5-10,15-25,28-29H,11-14H2,1-4H3/q+1/i25D,28D,29D. The lowest BCUT2D eigenvalue weighted by molar-refractivity contribution is -0.660. The number of aryl methyl sites for hydroxylation is 2. The van der Waals surface area contributed by atoms with E-state index in [0.717, 1.165) is 44.3 Å². The Kier molecular flexibility index (Phi) is 6.26. The van der Waals surface area contributed by atoms with Gasteiger partial charge in [-0.05, 0) is 90.2 Å². The molecule has 1 aliphatic carbocycles. The quantitative estimate of drug-likeness (QED) is 0.188. The molecule has 0 amide bonds. The van der Waals surface area contributed by atoms with Gasteiger partial charge in [0, 0.05) is 27.0 Å². The molecule has 7 rings (SSSR count). The van der Waals surface area contributed by atoms with E-state index in [1.54, 1.807) is 6.07 Å². The summed E-state index contributed by atoms with van der Waals surface area (Å²) >= 11 is 0. The summed E-state index contributed by atoms with van der Waals surface area (Å²) in [7, 11) is 1.99. The van der Waals surface area contributed by atoms with Crippen molar-refractivity contribution in [2.75, 3.05) is 0 Å². The van der Waals surface area contributed by atoms with Crippen LogP contribution in [0.5, 0.6) is 0 Å². The molecule has 0 atom stereocenters. The van der Waals surface area contributed by atoms with Crippen LogP contribution in [0.1, 0.15) is 83.6 Å². The van der Waals surface area contributed by atoms with Crippen molar-refractivity contribution in [3.63, 3.8) is 0 Å². The van der Waals surface area contributed by atoms with E-state index >= 15 is 4.39 Å². The third kappa shape index (κ3) is 4.95. The lowest BCUT2D eigenvalue weighted by atomic mass is 9.76. The minimum Gasteiger partial charge on any atom is -0.454 e. The molecule has 0 radical (unpaired) electrons. The fourth-order valence-electron chi connectivity index (χ4n) is 6.67. The maximum Gasteiger partial charge on any atom is 0.216 e. The van der Waals surface area contributed by atoms with E-state index in [1.165, 1.54) is 6.07 Å². The minimum atomic E-state index is -0.786. The van der Waals surface area contributed by atoms with Gasteiger partial charge in [0.05, 0.1) is 11.1 Å². The van der Waals surface area contributed by atoms with Crippen LogP contribution in [-0.2, 0) is 7.05 Å². The van der Waals surface area contributed by atoms with Crippen LogP contribution in [0.3, 0.4) is 0 Å². The molecule has 0 bridgehead atoms. The zero-order valence-electron chi connectivity index (χ0n) is 28.3. The summed E-state index contributed by atoms with van der Waals surface area (Å²) in [5.41, 5.74) is 8.00. The number of furan rings is 1. The first-order chi connectivity index (χ1) is 21.9. The van der Waals surface area contributed by atoms with Crippen molar-refractivity contribution in [1.82, 2.24) is 0 Å². The van der Waals surface area contributed by atoms with Gasteiger partial charge in [-0.15, -0.1) is 0 Å². The second-order valence-corrected chi connectivity index (χ2v) is 12.1. The van der Waals surface area contributed by atoms with Crippen molar-refractivity contribution in [3.05, 3.63) is 125 Å². The Balaban J connectivity index is 1.28. The lowest BCUT2D eigenvalue weighted by Gasteiger charge is -2.29. The van der Waals surface area contributed by atoms with Gasteiger partial charge in [-0.3, -0.25) is 0 Å². The SMILES string of the molecule is [2H]C(C)(C)c1cc[n+](C)c(-c2c(C)ccc3c2oc2c(-c4ccc(C5([2H])CCC([2H])(c6ccccc6)CC5)cc4)c(F)ccc23)c1. The van der Waals surface area contributed by atoms with E-state index in [2.05, 4.69) is 12.1 Å². The molecule has 0 unspecified atom stereocenters. The van der Waals surface area contributed by atoms with Crippen LogP contribution in [-0.4, -0.2) is 0 Å². The minimum absolute atomic E-state index is 0.360. The van der Waals surface area contributed by atoms with Crippen LogP contribution in [0, 0.1) is 12.7 Å². The summed E-state index contributed by atoms with van der Waals surface area (Å²) in [5.74, 6) is -2.57. The third-order valence-electron chi connectivity index (χ3n) is 9.17. The molecular formula is C40H39FNO+. The van der Waals surface area contributed by atoms with Gasteiger partial charge < -0.3 is 4.42 Å². The molecule has 1 saturated carbocycles. The second-order valence-electron chi connectivity index (χ2n) is 12.1. The van der Waals surface area contributed by atoms with Crippen LogP contribution in [0.15, 0.2) is 102 Å². The van der Waals surface area contributed by atoms with Gasteiger partial charge >= 0.3 is 0 Å². The summed E-state index contributed by atoms with van der Waals surface area (Å²) in [6, 6.07) is 29.1.